The smallest absolute Gasteiger partial charge is 0.262 e. The zero-order valence-electron chi connectivity index (χ0n) is 10.3. The Morgan fingerprint density at radius 3 is 2.67 bits per heavy atom. The van der Waals surface area contributed by atoms with E-state index in [-0.39, 0.29) is 0 Å². The lowest BCUT2D eigenvalue weighted by atomic mass is 10.3. The monoisotopic (exact) mass is 244 g/mol. The van der Waals surface area contributed by atoms with Gasteiger partial charge in [-0.15, -0.1) is 0 Å². The quantitative estimate of drug-likeness (QED) is 0.820. The molecule has 4 nitrogen and oxygen atoms in total. The third-order valence-corrected chi connectivity index (χ3v) is 2.29. The Bertz CT molecular complexity index is 497. The van der Waals surface area contributed by atoms with E-state index in [1.165, 1.54) is 0 Å². The molecular formula is C14H16N2O2. The Labute approximate surface area is 106 Å². The van der Waals surface area contributed by atoms with Crippen molar-refractivity contribution >= 4 is 5.69 Å². The lowest BCUT2D eigenvalue weighted by Crippen LogP contribution is -1.98. The largest absolute Gasteiger partial charge is 0.488 e. The normalized spacial score (nSPS) is 10.1. The number of pyridine rings is 1. The van der Waals surface area contributed by atoms with E-state index in [1.54, 1.807) is 30.5 Å². The van der Waals surface area contributed by atoms with Gasteiger partial charge in [-0.3, -0.25) is 0 Å². The van der Waals surface area contributed by atoms with E-state index in [4.69, 9.17) is 15.2 Å². The van der Waals surface area contributed by atoms with Crippen LogP contribution in [0.25, 0.3) is 0 Å². The van der Waals surface area contributed by atoms with Crippen molar-refractivity contribution in [2.45, 2.75) is 13.3 Å². The van der Waals surface area contributed by atoms with Gasteiger partial charge in [-0.05, 0) is 42.8 Å². The molecule has 1 aromatic carbocycles. The summed E-state index contributed by atoms with van der Waals surface area (Å²) in [5.41, 5.74) is 6.32. The van der Waals surface area contributed by atoms with Crippen LogP contribution in [0.15, 0.2) is 42.6 Å². The van der Waals surface area contributed by atoms with Gasteiger partial charge < -0.3 is 15.2 Å². The summed E-state index contributed by atoms with van der Waals surface area (Å²) in [6.07, 6.45) is 2.61. The first-order valence-electron chi connectivity index (χ1n) is 5.91. The van der Waals surface area contributed by atoms with Crippen LogP contribution in [0.4, 0.5) is 5.69 Å². The SMILES string of the molecule is CCCOc1cccnc1Oc1ccc(N)cc1. The molecule has 0 aliphatic carbocycles. The molecule has 2 N–H and O–H groups in total. The predicted octanol–water partition coefficient (Wildman–Crippen LogP) is 3.24. The number of anilines is 1. The fourth-order valence-electron chi connectivity index (χ4n) is 1.42. The van der Waals surface area contributed by atoms with Gasteiger partial charge in [0.25, 0.3) is 5.88 Å². The average molecular weight is 244 g/mol. The van der Waals surface area contributed by atoms with Gasteiger partial charge >= 0.3 is 0 Å². The highest BCUT2D eigenvalue weighted by Crippen LogP contribution is 2.29. The maximum Gasteiger partial charge on any atom is 0.262 e. The summed E-state index contributed by atoms with van der Waals surface area (Å²) in [4.78, 5) is 4.17. The molecule has 0 unspecified atom stereocenters. The first kappa shape index (κ1) is 12.2. The molecule has 0 aliphatic heterocycles. The molecule has 2 aromatic rings. The Balaban J connectivity index is 2.15. The molecule has 0 saturated carbocycles. The lowest BCUT2D eigenvalue weighted by Gasteiger charge is -2.10. The minimum absolute atomic E-state index is 0.468. The molecule has 0 radical (unpaired) electrons. The van der Waals surface area contributed by atoms with Gasteiger partial charge in [0.15, 0.2) is 5.75 Å². The van der Waals surface area contributed by atoms with Crippen LogP contribution in [-0.2, 0) is 0 Å². The first-order valence-corrected chi connectivity index (χ1v) is 5.91. The van der Waals surface area contributed by atoms with E-state index in [0.29, 0.717) is 29.7 Å². The van der Waals surface area contributed by atoms with Crippen LogP contribution < -0.4 is 15.2 Å². The van der Waals surface area contributed by atoms with Gasteiger partial charge in [-0.2, -0.15) is 0 Å². The molecule has 4 heteroatoms. The average Bonchev–Trinajstić information content (AvgIpc) is 2.40. The van der Waals surface area contributed by atoms with Gasteiger partial charge in [0.2, 0.25) is 0 Å². The van der Waals surface area contributed by atoms with Crippen LogP contribution in [0.2, 0.25) is 0 Å². The molecule has 0 bridgehead atoms. The van der Waals surface area contributed by atoms with Gasteiger partial charge in [0, 0.05) is 11.9 Å². The second-order valence-electron chi connectivity index (χ2n) is 3.83. The molecule has 0 fully saturated rings. The standard InChI is InChI=1S/C14H16N2O2/c1-2-10-17-13-4-3-9-16-14(13)18-12-7-5-11(15)6-8-12/h3-9H,2,10,15H2,1H3. The number of nitrogen functional groups attached to an aromatic ring is 1. The zero-order chi connectivity index (χ0) is 12.8. The molecule has 18 heavy (non-hydrogen) atoms. The highest BCUT2D eigenvalue weighted by atomic mass is 16.5. The van der Waals surface area contributed by atoms with Crippen molar-refractivity contribution in [3.05, 3.63) is 42.6 Å². The van der Waals surface area contributed by atoms with Crippen LogP contribution in [0, 0.1) is 0 Å². The number of ether oxygens (including phenoxy) is 2. The van der Waals surface area contributed by atoms with E-state index < -0.39 is 0 Å². The van der Waals surface area contributed by atoms with Crippen molar-refractivity contribution in [3.8, 4) is 17.4 Å². The summed E-state index contributed by atoms with van der Waals surface area (Å²) in [6, 6.07) is 10.8. The van der Waals surface area contributed by atoms with Crippen molar-refractivity contribution in [1.82, 2.24) is 4.98 Å². The molecule has 0 spiro atoms. The second-order valence-corrected chi connectivity index (χ2v) is 3.83. The van der Waals surface area contributed by atoms with Crippen molar-refractivity contribution < 1.29 is 9.47 Å². The third-order valence-electron chi connectivity index (χ3n) is 2.29. The van der Waals surface area contributed by atoms with E-state index in [0.717, 1.165) is 6.42 Å². The van der Waals surface area contributed by atoms with E-state index in [9.17, 15) is 0 Å². The second kappa shape index (κ2) is 5.91. The summed E-state index contributed by atoms with van der Waals surface area (Å²) >= 11 is 0. The summed E-state index contributed by atoms with van der Waals surface area (Å²) < 4.78 is 11.2. The summed E-state index contributed by atoms with van der Waals surface area (Å²) in [5.74, 6) is 1.80. The maximum absolute atomic E-state index is 5.67. The topological polar surface area (TPSA) is 57.4 Å². The van der Waals surface area contributed by atoms with Crippen LogP contribution in [0.1, 0.15) is 13.3 Å². The molecule has 1 heterocycles. The minimum atomic E-state index is 0.468. The van der Waals surface area contributed by atoms with Gasteiger partial charge in [-0.25, -0.2) is 4.98 Å². The van der Waals surface area contributed by atoms with Gasteiger partial charge in [0.1, 0.15) is 5.75 Å². The first-order chi connectivity index (χ1) is 8.79. The lowest BCUT2D eigenvalue weighted by molar-refractivity contribution is 0.298. The van der Waals surface area contributed by atoms with Crippen LogP contribution >= 0.6 is 0 Å². The fraction of sp³-hybridized carbons (Fsp3) is 0.214. The number of hydrogen-bond donors (Lipinski definition) is 1. The van der Waals surface area contributed by atoms with E-state index >= 15 is 0 Å². The highest BCUT2D eigenvalue weighted by molar-refractivity contribution is 5.44. The summed E-state index contributed by atoms with van der Waals surface area (Å²) in [5, 5.41) is 0. The van der Waals surface area contributed by atoms with Crippen LogP contribution in [0.5, 0.6) is 17.4 Å². The molecular weight excluding hydrogens is 228 g/mol. The predicted molar refractivity (Wildman–Crippen MR) is 71.0 cm³/mol. The third kappa shape index (κ3) is 3.13. The summed E-state index contributed by atoms with van der Waals surface area (Å²) in [6.45, 7) is 2.70. The molecule has 0 atom stereocenters. The fourth-order valence-corrected chi connectivity index (χ4v) is 1.42. The Hall–Kier alpha value is -2.23. The molecule has 0 aliphatic rings. The number of hydrogen-bond acceptors (Lipinski definition) is 4. The van der Waals surface area contributed by atoms with Crippen molar-refractivity contribution in [3.63, 3.8) is 0 Å². The number of rotatable bonds is 5. The molecule has 1 aromatic heterocycles. The molecule has 2 rings (SSSR count). The maximum atomic E-state index is 5.67. The number of nitrogens with two attached hydrogens (primary N) is 1. The Morgan fingerprint density at radius 1 is 1.17 bits per heavy atom. The van der Waals surface area contributed by atoms with Crippen molar-refractivity contribution in [2.24, 2.45) is 0 Å². The highest BCUT2D eigenvalue weighted by Gasteiger charge is 2.06. The van der Waals surface area contributed by atoms with Crippen molar-refractivity contribution in [2.75, 3.05) is 12.3 Å². The van der Waals surface area contributed by atoms with Crippen LogP contribution in [0.3, 0.4) is 0 Å². The minimum Gasteiger partial charge on any atom is -0.488 e. The number of benzene rings is 1. The molecule has 0 saturated heterocycles. The van der Waals surface area contributed by atoms with E-state index in [2.05, 4.69) is 11.9 Å². The zero-order valence-corrected chi connectivity index (χ0v) is 10.3. The van der Waals surface area contributed by atoms with Crippen LogP contribution in [-0.4, -0.2) is 11.6 Å². The van der Waals surface area contributed by atoms with E-state index in [1.807, 2.05) is 12.1 Å². The molecule has 94 valence electrons. The van der Waals surface area contributed by atoms with Gasteiger partial charge in [-0.1, -0.05) is 6.92 Å². The van der Waals surface area contributed by atoms with Crippen molar-refractivity contribution in [1.29, 1.82) is 0 Å². The Morgan fingerprint density at radius 2 is 1.94 bits per heavy atom. The molecule has 0 amide bonds. The Kier molecular flexibility index (Phi) is 4.02. The number of nitrogens with zero attached hydrogens (tertiary/aromatic N) is 1. The number of aromatic nitrogens is 1. The van der Waals surface area contributed by atoms with Gasteiger partial charge in [0.05, 0.1) is 6.61 Å². The summed E-state index contributed by atoms with van der Waals surface area (Å²) in [7, 11) is 0.